The van der Waals surface area contributed by atoms with Crippen molar-refractivity contribution < 1.29 is 4.42 Å². The number of rotatable bonds is 2. The molecular formula is C29H19NO. The van der Waals surface area contributed by atoms with E-state index in [9.17, 15) is 0 Å². The molecule has 146 valence electrons. The Morgan fingerprint density at radius 1 is 0.742 bits per heavy atom. The van der Waals surface area contributed by atoms with Crippen LogP contribution in [-0.2, 0) is 0 Å². The van der Waals surface area contributed by atoms with Gasteiger partial charge in [0.05, 0.1) is 16.7 Å². The maximum Gasteiger partial charge on any atom is 0.137 e. The van der Waals surface area contributed by atoms with Gasteiger partial charge in [-0.15, -0.1) is 0 Å². The van der Waals surface area contributed by atoms with Gasteiger partial charge in [0.1, 0.15) is 11.2 Å². The number of aromatic nitrogens is 1. The fraction of sp³-hybridized carbons (Fsp3) is 0.0345. The van der Waals surface area contributed by atoms with Crippen molar-refractivity contribution in [3.05, 3.63) is 96.7 Å². The SMILES string of the molecule is C=Cc1c(-c2ccccc2C)c2cccc3c4cc5c(cc4n1c23)oc1ccccc15. The minimum absolute atomic E-state index is 0.919. The van der Waals surface area contributed by atoms with Crippen LogP contribution in [0.25, 0.3) is 66.3 Å². The molecule has 4 aromatic carbocycles. The first-order valence-electron chi connectivity index (χ1n) is 10.6. The van der Waals surface area contributed by atoms with Crippen LogP contribution in [0.3, 0.4) is 0 Å². The normalized spacial score (nSPS) is 12.2. The molecule has 0 saturated heterocycles. The Kier molecular flexibility index (Phi) is 3.11. The van der Waals surface area contributed by atoms with Gasteiger partial charge in [0.25, 0.3) is 0 Å². The van der Waals surface area contributed by atoms with E-state index in [1.165, 1.54) is 38.4 Å². The van der Waals surface area contributed by atoms with E-state index in [0.29, 0.717) is 0 Å². The second-order valence-corrected chi connectivity index (χ2v) is 8.28. The fourth-order valence-corrected chi connectivity index (χ4v) is 5.32. The molecule has 0 spiro atoms. The molecule has 0 amide bonds. The monoisotopic (exact) mass is 397 g/mol. The molecule has 0 saturated carbocycles. The predicted molar refractivity (Wildman–Crippen MR) is 131 cm³/mol. The van der Waals surface area contributed by atoms with Gasteiger partial charge in [-0.05, 0) is 36.3 Å². The maximum atomic E-state index is 6.22. The van der Waals surface area contributed by atoms with Crippen LogP contribution >= 0.6 is 0 Å². The van der Waals surface area contributed by atoms with Crippen LogP contribution < -0.4 is 0 Å². The quantitative estimate of drug-likeness (QED) is 0.287. The number of fused-ring (bicyclic) bond motifs is 6. The van der Waals surface area contributed by atoms with E-state index in [1.54, 1.807) is 0 Å². The third-order valence-electron chi connectivity index (χ3n) is 6.66. The molecule has 3 aromatic heterocycles. The number of nitrogens with zero attached hydrogens (tertiary/aromatic N) is 1. The lowest BCUT2D eigenvalue weighted by Gasteiger charge is -2.08. The van der Waals surface area contributed by atoms with Crippen LogP contribution in [-0.4, -0.2) is 4.40 Å². The van der Waals surface area contributed by atoms with Gasteiger partial charge in [0.2, 0.25) is 0 Å². The number of hydrogen-bond donors (Lipinski definition) is 0. The second-order valence-electron chi connectivity index (χ2n) is 8.28. The Labute approximate surface area is 179 Å². The number of furan rings is 1. The maximum absolute atomic E-state index is 6.22. The van der Waals surface area contributed by atoms with Crippen LogP contribution in [0.1, 0.15) is 11.3 Å². The zero-order valence-electron chi connectivity index (χ0n) is 17.1. The third kappa shape index (κ3) is 2.02. The highest BCUT2D eigenvalue weighted by Gasteiger charge is 2.22. The predicted octanol–water partition coefficient (Wildman–Crippen LogP) is 8.20. The molecule has 3 heterocycles. The second kappa shape index (κ2) is 5.77. The molecular weight excluding hydrogens is 378 g/mol. The van der Waals surface area contributed by atoms with E-state index < -0.39 is 0 Å². The number of hydrogen-bond acceptors (Lipinski definition) is 1. The van der Waals surface area contributed by atoms with Gasteiger partial charge in [-0.2, -0.15) is 0 Å². The van der Waals surface area contributed by atoms with Gasteiger partial charge >= 0.3 is 0 Å². The summed E-state index contributed by atoms with van der Waals surface area (Å²) in [4.78, 5) is 0. The van der Waals surface area contributed by atoms with Crippen LogP contribution in [0.5, 0.6) is 0 Å². The lowest BCUT2D eigenvalue weighted by Crippen LogP contribution is -1.88. The van der Waals surface area contributed by atoms with Gasteiger partial charge in [0.15, 0.2) is 0 Å². The molecule has 0 radical (unpaired) electrons. The first-order valence-corrected chi connectivity index (χ1v) is 10.6. The summed E-state index contributed by atoms with van der Waals surface area (Å²) in [5.74, 6) is 0. The standard InChI is InChI=1S/C29H19NO/c1-3-24-28(18-10-5-4-9-17(18)2)21-13-8-12-20-22-15-23-19-11-6-7-14-26(19)31-27(23)16-25(22)30(24)29(20)21/h3-16H,1H2,2H3. The number of benzene rings is 4. The molecule has 0 aliphatic carbocycles. The van der Waals surface area contributed by atoms with Gasteiger partial charge in [-0.1, -0.05) is 67.2 Å². The zero-order chi connectivity index (χ0) is 20.7. The van der Waals surface area contributed by atoms with E-state index >= 15 is 0 Å². The first-order chi connectivity index (χ1) is 15.3. The largest absolute Gasteiger partial charge is 0.456 e. The molecule has 31 heavy (non-hydrogen) atoms. The zero-order valence-corrected chi connectivity index (χ0v) is 17.1. The molecule has 2 heteroatoms. The minimum Gasteiger partial charge on any atom is -0.456 e. The van der Waals surface area contributed by atoms with Crippen molar-refractivity contribution in [2.75, 3.05) is 0 Å². The Bertz CT molecular complexity index is 1810. The van der Waals surface area contributed by atoms with E-state index in [0.717, 1.165) is 33.1 Å². The molecule has 0 N–H and O–H groups in total. The molecule has 0 aliphatic rings. The molecule has 0 unspecified atom stereocenters. The summed E-state index contributed by atoms with van der Waals surface area (Å²) in [6.07, 6.45) is 1.99. The molecule has 7 rings (SSSR count). The number of aryl methyl sites for hydroxylation is 1. The molecule has 0 atom stereocenters. The Morgan fingerprint density at radius 2 is 1.52 bits per heavy atom. The minimum atomic E-state index is 0.919. The molecule has 2 nitrogen and oxygen atoms in total. The van der Waals surface area contributed by atoms with Gasteiger partial charge in [-0.25, -0.2) is 0 Å². The summed E-state index contributed by atoms with van der Waals surface area (Å²) in [6, 6.07) is 28.0. The van der Waals surface area contributed by atoms with Gasteiger partial charge in [0, 0.05) is 38.6 Å². The average molecular weight is 397 g/mol. The van der Waals surface area contributed by atoms with E-state index in [1.807, 2.05) is 18.2 Å². The van der Waals surface area contributed by atoms with E-state index in [4.69, 9.17) is 4.42 Å². The van der Waals surface area contributed by atoms with Crippen molar-refractivity contribution in [3.8, 4) is 11.1 Å². The highest BCUT2D eigenvalue weighted by atomic mass is 16.3. The van der Waals surface area contributed by atoms with Crippen molar-refractivity contribution in [1.29, 1.82) is 0 Å². The van der Waals surface area contributed by atoms with E-state index in [2.05, 4.69) is 84.6 Å². The molecule has 0 aliphatic heterocycles. The topological polar surface area (TPSA) is 17.6 Å². The summed E-state index contributed by atoms with van der Waals surface area (Å²) in [6.45, 7) is 6.37. The summed E-state index contributed by atoms with van der Waals surface area (Å²) in [7, 11) is 0. The highest BCUT2D eigenvalue weighted by Crippen LogP contribution is 2.44. The highest BCUT2D eigenvalue weighted by molar-refractivity contribution is 6.22. The summed E-state index contributed by atoms with van der Waals surface area (Å²) in [5, 5.41) is 6.10. The van der Waals surface area contributed by atoms with Crippen molar-refractivity contribution in [3.63, 3.8) is 0 Å². The number of para-hydroxylation sites is 2. The first kappa shape index (κ1) is 16.7. The Balaban J connectivity index is 1.72. The molecule has 0 fully saturated rings. The van der Waals surface area contributed by atoms with Crippen molar-refractivity contribution >= 4 is 55.2 Å². The van der Waals surface area contributed by atoms with Crippen molar-refractivity contribution in [1.82, 2.24) is 4.40 Å². The summed E-state index contributed by atoms with van der Waals surface area (Å²) >= 11 is 0. The van der Waals surface area contributed by atoms with Crippen LogP contribution in [0.15, 0.2) is 89.9 Å². The summed E-state index contributed by atoms with van der Waals surface area (Å²) < 4.78 is 8.58. The average Bonchev–Trinajstić information content (AvgIpc) is 3.43. The Hall–Kier alpha value is -4.04. The summed E-state index contributed by atoms with van der Waals surface area (Å²) in [5.41, 5.74) is 9.16. The van der Waals surface area contributed by atoms with Crippen LogP contribution in [0.4, 0.5) is 0 Å². The van der Waals surface area contributed by atoms with Crippen molar-refractivity contribution in [2.45, 2.75) is 6.92 Å². The van der Waals surface area contributed by atoms with Gasteiger partial charge < -0.3 is 8.82 Å². The lowest BCUT2D eigenvalue weighted by atomic mass is 9.96. The van der Waals surface area contributed by atoms with Crippen LogP contribution in [0.2, 0.25) is 0 Å². The van der Waals surface area contributed by atoms with Crippen molar-refractivity contribution in [2.24, 2.45) is 0 Å². The molecule has 7 aromatic rings. The Morgan fingerprint density at radius 3 is 2.39 bits per heavy atom. The third-order valence-corrected chi connectivity index (χ3v) is 6.66. The lowest BCUT2D eigenvalue weighted by molar-refractivity contribution is 0.669. The smallest absolute Gasteiger partial charge is 0.137 e. The fourth-order valence-electron chi connectivity index (χ4n) is 5.32. The van der Waals surface area contributed by atoms with E-state index in [-0.39, 0.29) is 0 Å². The van der Waals surface area contributed by atoms with Gasteiger partial charge in [-0.3, -0.25) is 0 Å². The van der Waals surface area contributed by atoms with Crippen LogP contribution in [0, 0.1) is 6.92 Å². The molecule has 0 bridgehead atoms.